The standard InChI is InChI=1S/C8H12O4.H3N/c1-3-4-12-8(11)6(2)5-7(9)10;/h2-5H2,1H3,(H,9,10);1H3. The molecule has 0 rings (SSSR count). The summed E-state index contributed by atoms with van der Waals surface area (Å²) in [5.74, 6) is -1.70. The zero-order valence-electron chi connectivity index (χ0n) is 7.71. The van der Waals surface area contributed by atoms with Gasteiger partial charge >= 0.3 is 11.9 Å². The molecule has 0 saturated carbocycles. The highest BCUT2D eigenvalue weighted by atomic mass is 16.5. The minimum absolute atomic E-state index is 0. The number of hydrogen-bond acceptors (Lipinski definition) is 4. The first-order valence-corrected chi connectivity index (χ1v) is 3.64. The van der Waals surface area contributed by atoms with E-state index in [1.165, 1.54) is 0 Å². The molecule has 0 aromatic rings. The highest BCUT2D eigenvalue weighted by Gasteiger charge is 2.11. The summed E-state index contributed by atoms with van der Waals surface area (Å²) >= 11 is 0. The van der Waals surface area contributed by atoms with Crippen molar-refractivity contribution in [3.05, 3.63) is 12.2 Å². The fourth-order valence-corrected chi connectivity index (χ4v) is 0.552. The number of carbonyl (C=O) groups is 2. The van der Waals surface area contributed by atoms with E-state index in [2.05, 4.69) is 11.3 Å². The molecule has 0 fully saturated rings. The maximum Gasteiger partial charge on any atom is 0.333 e. The van der Waals surface area contributed by atoms with Gasteiger partial charge in [-0.25, -0.2) is 4.79 Å². The van der Waals surface area contributed by atoms with E-state index >= 15 is 0 Å². The van der Waals surface area contributed by atoms with E-state index < -0.39 is 11.9 Å². The Morgan fingerprint density at radius 2 is 2.00 bits per heavy atom. The topological polar surface area (TPSA) is 98.6 Å². The summed E-state index contributed by atoms with van der Waals surface area (Å²) in [7, 11) is 0. The van der Waals surface area contributed by atoms with Gasteiger partial charge < -0.3 is 16.0 Å². The van der Waals surface area contributed by atoms with Crippen LogP contribution in [0.2, 0.25) is 0 Å². The molecule has 5 heteroatoms. The number of hydrogen-bond donors (Lipinski definition) is 2. The monoisotopic (exact) mass is 189 g/mol. The van der Waals surface area contributed by atoms with Crippen LogP contribution in [-0.2, 0) is 14.3 Å². The number of ether oxygens (including phenoxy) is 1. The van der Waals surface area contributed by atoms with Crippen LogP contribution in [0.5, 0.6) is 0 Å². The average Bonchev–Trinajstić information content (AvgIpc) is 1.98. The van der Waals surface area contributed by atoms with Crippen molar-refractivity contribution in [1.29, 1.82) is 0 Å². The lowest BCUT2D eigenvalue weighted by Gasteiger charge is -2.02. The van der Waals surface area contributed by atoms with Gasteiger partial charge in [0.2, 0.25) is 0 Å². The smallest absolute Gasteiger partial charge is 0.333 e. The van der Waals surface area contributed by atoms with Gasteiger partial charge in [-0.2, -0.15) is 0 Å². The minimum atomic E-state index is -1.08. The van der Waals surface area contributed by atoms with E-state index in [4.69, 9.17) is 5.11 Å². The van der Waals surface area contributed by atoms with Gasteiger partial charge in [-0.1, -0.05) is 13.5 Å². The fourth-order valence-electron chi connectivity index (χ4n) is 0.552. The van der Waals surface area contributed by atoms with Gasteiger partial charge in [-0.05, 0) is 6.42 Å². The molecule has 0 spiro atoms. The molecule has 0 amide bonds. The number of esters is 1. The predicted molar refractivity (Wildman–Crippen MR) is 47.7 cm³/mol. The number of carbonyl (C=O) groups excluding carboxylic acids is 1. The molecule has 0 aliphatic heterocycles. The Morgan fingerprint density at radius 1 is 1.46 bits per heavy atom. The zero-order chi connectivity index (χ0) is 9.56. The summed E-state index contributed by atoms with van der Waals surface area (Å²) in [5, 5.41) is 8.29. The van der Waals surface area contributed by atoms with Crippen molar-refractivity contribution < 1.29 is 19.4 Å². The molecule has 0 radical (unpaired) electrons. The van der Waals surface area contributed by atoms with Crippen molar-refractivity contribution in [3.8, 4) is 0 Å². The normalized spacial score (nSPS) is 8.38. The van der Waals surface area contributed by atoms with E-state index in [9.17, 15) is 9.59 Å². The molecular weight excluding hydrogens is 174 g/mol. The Hall–Kier alpha value is -1.36. The highest BCUT2D eigenvalue weighted by Crippen LogP contribution is 2.00. The molecule has 0 unspecified atom stereocenters. The highest BCUT2D eigenvalue weighted by molar-refractivity contribution is 5.92. The van der Waals surface area contributed by atoms with Gasteiger partial charge in [0.25, 0.3) is 0 Å². The molecule has 0 aromatic heterocycles. The molecule has 0 heterocycles. The molecule has 0 saturated heterocycles. The first-order chi connectivity index (χ1) is 5.57. The molecule has 76 valence electrons. The first-order valence-electron chi connectivity index (χ1n) is 3.64. The van der Waals surface area contributed by atoms with Crippen molar-refractivity contribution in [3.63, 3.8) is 0 Å². The summed E-state index contributed by atoms with van der Waals surface area (Å²) in [4.78, 5) is 21.0. The largest absolute Gasteiger partial charge is 0.481 e. The summed E-state index contributed by atoms with van der Waals surface area (Å²) in [6, 6.07) is 0. The molecule has 4 N–H and O–H groups in total. The number of carboxylic acid groups (broad SMARTS) is 1. The van der Waals surface area contributed by atoms with Crippen molar-refractivity contribution in [2.45, 2.75) is 19.8 Å². The maximum absolute atomic E-state index is 10.9. The Bertz CT molecular complexity index is 200. The van der Waals surface area contributed by atoms with Gasteiger partial charge in [-0.3, -0.25) is 4.79 Å². The molecule has 0 aliphatic carbocycles. The quantitative estimate of drug-likeness (QED) is 0.499. The Kier molecular flexibility index (Phi) is 7.96. The molecule has 13 heavy (non-hydrogen) atoms. The molecule has 0 atom stereocenters. The third-order valence-corrected chi connectivity index (χ3v) is 1.09. The van der Waals surface area contributed by atoms with Crippen LogP contribution in [0, 0.1) is 0 Å². The van der Waals surface area contributed by atoms with Crippen LogP contribution in [0.4, 0.5) is 0 Å². The second kappa shape index (κ2) is 7.30. The minimum Gasteiger partial charge on any atom is -0.481 e. The second-order valence-electron chi connectivity index (χ2n) is 2.31. The Morgan fingerprint density at radius 3 is 2.38 bits per heavy atom. The van der Waals surface area contributed by atoms with E-state index in [0.29, 0.717) is 13.0 Å². The van der Waals surface area contributed by atoms with Crippen molar-refractivity contribution in [1.82, 2.24) is 6.15 Å². The van der Waals surface area contributed by atoms with Crippen LogP contribution in [0.3, 0.4) is 0 Å². The van der Waals surface area contributed by atoms with Crippen LogP contribution in [0.1, 0.15) is 19.8 Å². The molecular formula is C8H15NO4. The van der Waals surface area contributed by atoms with Crippen molar-refractivity contribution >= 4 is 11.9 Å². The van der Waals surface area contributed by atoms with Crippen molar-refractivity contribution in [2.24, 2.45) is 0 Å². The Labute approximate surface area is 77.0 Å². The summed E-state index contributed by atoms with van der Waals surface area (Å²) in [6.07, 6.45) is 0.356. The van der Waals surface area contributed by atoms with Gasteiger partial charge in [-0.15, -0.1) is 0 Å². The molecule has 0 bridgehead atoms. The SMILES string of the molecule is C=C(CC(=O)O)C(=O)OCCC.N. The molecule has 0 aromatic carbocycles. The van der Waals surface area contributed by atoms with E-state index in [-0.39, 0.29) is 18.1 Å². The van der Waals surface area contributed by atoms with Crippen LogP contribution >= 0.6 is 0 Å². The van der Waals surface area contributed by atoms with E-state index in [0.717, 1.165) is 0 Å². The van der Waals surface area contributed by atoms with Crippen LogP contribution in [0.15, 0.2) is 12.2 Å². The second-order valence-corrected chi connectivity index (χ2v) is 2.31. The first kappa shape index (κ1) is 14.2. The number of carboxylic acids is 1. The average molecular weight is 189 g/mol. The van der Waals surface area contributed by atoms with Gasteiger partial charge in [0.15, 0.2) is 0 Å². The Balaban J connectivity index is 0. The van der Waals surface area contributed by atoms with Crippen molar-refractivity contribution in [2.75, 3.05) is 6.61 Å². The molecule has 5 nitrogen and oxygen atoms in total. The molecule has 0 aliphatic rings. The summed E-state index contributed by atoms with van der Waals surface area (Å²) in [6.45, 7) is 5.45. The zero-order valence-corrected chi connectivity index (χ0v) is 7.71. The maximum atomic E-state index is 10.9. The third-order valence-electron chi connectivity index (χ3n) is 1.09. The lowest BCUT2D eigenvalue weighted by atomic mass is 10.2. The van der Waals surface area contributed by atoms with Gasteiger partial charge in [0, 0.05) is 5.57 Å². The lowest BCUT2D eigenvalue weighted by Crippen LogP contribution is -2.10. The van der Waals surface area contributed by atoms with E-state index in [1.807, 2.05) is 6.92 Å². The third kappa shape index (κ3) is 7.02. The van der Waals surface area contributed by atoms with Crippen LogP contribution in [0.25, 0.3) is 0 Å². The van der Waals surface area contributed by atoms with Gasteiger partial charge in [0.05, 0.1) is 13.0 Å². The van der Waals surface area contributed by atoms with E-state index in [1.54, 1.807) is 0 Å². The lowest BCUT2D eigenvalue weighted by molar-refractivity contribution is -0.142. The number of aliphatic carboxylic acids is 1. The predicted octanol–water partition coefficient (Wildman–Crippen LogP) is 1.13. The number of rotatable bonds is 5. The fraction of sp³-hybridized carbons (Fsp3) is 0.500. The summed E-state index contributed by atoms with van der Waals surface area (Å²) in [5.41, 5.74) is -0.0176. The summed E-state index contributed by atoms with van der Waals surface area (Å²) < 4.78 is 4.65. The van der Waals surface area contributed by atoms with Gasteiger partial charge in [0.1, 0.15) is 0 Å². The van der Waals surface area contributed by atoms with Crippen LogP contribution in [-0.4, -0.2) is 23.7 Å². The van der Waals surface area contributed by atoms with Crippen LogP contribution < -0.4 is 6.15 Å².